The number of phenolic OH excluding ortho intramolecular Hbond substituents is 1. The summed E-state index contributed by atoms with van der Waals surface area (Å²) in [5.41, 5.74) is 3.81. The second kappa shape index (κ2) is 10.0. The van der Waals surface area contributed by atoms with Crippen molar-refractivity contribution in [2.75, 3.05) is 7.11 Å². The highest BCUT2D eigenvalue weighted by molar-refractivity contribution is 5.76. The summed E-state index contributed by atoms with van der Waals surface area (Å²) in [6.07, 6.45) is 6.98. The first-order valence-electron chi connectivity index (χ1n) is 11.6. The van der Waals surface area contributed by atoms with Gasteiger partial charge >= 0.3 is 0 Å². The van der Waals surface area contributed by atoms with E-state index in [1.165, 1.54) is 0 Å². The van der Waals surface area contributed by atoms with Gasteiger partial charge in [-0.3, -0.25) is 0 Å². The molecule has 4 rings (SSSR count). The van der Waals surface area contributed by atoms with Crippen LogP contribution >= 0.6 is 0 Å². The predicted octanol–water partition coefficient (Wildman–Crippen LogP) is 3.96. The smallest absolute Gasteiger partial charge is 0.126 e. The molecule has 0 aromatic heterocycles. The fourth-order valence-electron chi connectivity index (χ4n) is 5.12. The van der Waals surface area contributed by atoms with E-state index in [9.17, 15) is 15.3 Å². The Morgan fingerprint density at radius 3 is 2.00 bits per heavy atom. The lowest BCUT2D eigenvalue weighted by atomic mass is 9.90. The summed E-state index contributed by atoms with van der Waals surface area (Å²) in [6.45, 7) is 0. The van der Waals surface area contributed by atoms with Crippen LogP contribution < -0.4 is 10.1 Å². The maximum atomic E-state index is 10.7. The molecule has 0 radical (unpaired) electrons. The van der Waals surface area contributed by atoms with Gasteiger partial charge in [0.1, 0.15) is 11.5 Å². The minimum atomic E-state index is -0.369. The van der Waals surface area contributed by atoms with Crippen LogP contribution in [-0.2, 0) is 12.8 Å². The molecule has 4 atom stereocenters. The van der Waals surface area contributed by atoms with Crippen molar-refractivity contribution in [1.82, 2.24) is 5.32 Å². The Balaban J connectivity index is 1.66. The van der Waals surface area contributed by atoms with Gasteiger partial charge < -0.3 is 25.4 Å². The number of fused-ring (bicyclic) bond motifs is 7. The molecule has 2 aliphatic heterocycles. The largest absolute Gasteiger partial charge is 0.507 e. The molecule has 1 saturated heterocycles. The number of piperidine rings is 1. The van der Waals surface area contributed by atoms with Crippen LogP contribution in [0.25, 0.3) is 11.1 Å². The third-order valence-corrected chi connectivity index (χ3v) is 6.84. The molecule has 0 aliphatic carbocycles. The first-order valence-corrected chi connectivity index (χ1v) is 11.6. The molecular weight excluding hydrogens is 390 g/mol. The molecule has 5 heteroatoms. The lowest BCUT2D eigenvalue weighted by molar-refractivity contribution is 0.108. The molecule has 2 heterocycles. The van der Waals surface area contributed by atoms with Gasteiger partial charge in [0, 0.05) is 23.2 Å². The van der Waals surface area contributed by atoms with E-state index in [-0.39, 0.29) is 18.0 Å². The summed E-state index contributed by atoms with van der Waals surface area (Å²) in [6, 6.07) is 12.3. The van der Waals surface area contributed by atoms with Crippen molar-refractivity contribution in [3.63, 3.8) is 0 Å². The minimum Gasteiger partial charge on any atom is -0.507 e. The summed E-state index contributed by atoms with van der Waals surface area (Å²) in [5.74, 6) is 0.934. The zero-order valence-corrected chi connectivity index (χ0v) is 18.4. The number of aliphatic hydroxyl groups excluding tert-OH is 2. The van der Waals surface area contributed by atoms with Crippen LogP contribution in [0.15, 0.2) is 36.4 Å². The topological polar surface area (TPSA) is 82.0 Å². The third-order valence-electron chi connectivity index (χ3n) is 6.84. The van der Waals surface area contributed by atoms with Gasteiger partial charge in [-0.15, -0.1) is 0 Å². The van der Waals surface area contributed by atoms with Gasteiger partial charge in [0.05, 0.1) is 19.3 Å². The van der Waals surface area contributed by atoms with Crippen molar-refractivity contribution >= 4 is 0 Å². The molecule has 4 N–H and O–H groups in total. The monoisotopic (exact) mass is 425 g/mol. The van der Waals surface area contributed by atoms with Gasteiger partial charge in [-0.25, -0.2) is 0 Å². The van der Waals surface area contributed by atoms with Crippen LogP contribution in [0.4, 0.5) is 0 Å². The highest BCUT2D eigenvalue weighted by Gasteiger charge is 2.25. The Bertz CT molecular complexity index is 884. The van der Waals surface area contributed by atoms with Crippen molar-refractivity contribution < 1.29 is 20.1 Å². The van der Waals surface area contributed by atoms with Gasteiger partial charge in [0.25, 0.3) is 0 Å². The molecule has 1 fully saturated rings. The van der Waals surface area contributed by atoms with Crippen molar-refractivity contribution in [2.24, 2.45) is 0 Å². The zero-order valence-electron chi connectivity index (χ0n) is 18.4. The van der Waals surface area contributed by atoms with Gasteiger partial charge in [0.2, 0.25) is 0 Å². The summed E-state index contributed by atoms with van der Waals surface area (Å²) in [4.78, 5) is 0. The first kappa shape index (κ1) is 22.1. The fraction of sp³-hybridized carbons (Fsp3) is 0.538. The van der Waals surface area contributed by atoms with Crippen LogP contribution in [-0.4, -0.2) is 46.7 Å². The number of aromatic hydroxyl groups is 1. The van der Waals surface area contributed by atoms with E-state index in [0.29, 0.717) is 30.7 Å². The second-order valence-corrected chi connectivity index (χ2v) is 9.23. The normalized spacial score (nSPS) is 27.3. The molecule has 31 heavy (non-hydrogen) atoms. The van der Waals surface area contributed by atoms with Gasteiger partial charge in [-0.1, -0.05) is 18.6 Å². The van der Waals surface area contributed by atoms with Crippen molar-refractivity contribution in [1.29, 1.82) is 0 Å². The molecule has 0 amide bonds. The standard InChI is InChI=1S/C26H35NO4/c1-31-26-12-8-18-6-10-22(29)16-20-4-2-3-19(27-20)15-21(28)9-5-17-7-11-25(30)23(13-17)24(26)14-18/h7-8,11-14,19-22,27-30H,2-6,9-10,15-16H2,1H3/t19-,20+,21+,22-/m0/s1. The maximum absolute atomic E-state index is 10.7. The van der Waals surface area contributed by atoms with E-state index >= 15 is 0 Å². The average Bonchev–Trinajstić information content (AvgIpc) is 2.76. The number of rotatable bonds is 1. The molecule has 2 aromatic carbocycles. The van der Waals surface area contributed by atoms with E-state index in [4.69, 9.17) is 4.74 Å². The molecule has 6 bridgehead atoms. The fourth-order valence-corrected chi connectivity index (χ4v) is 5.12. The van der Waals surface area contributed by atoms with Gasteiger partial charge in [-0.2, -0.15) is 0 Å². The molecular formula is C26H35NO4. The summed E-state index contributed by atoms with van der Waals surface area (Å²) < 4.78 is 5.58. The Morgan fingerprint density at radius 1 is 0.806 bits per heavy atom. The highest BCUT2D eigenvalue weighted by Crippen LogP contribution is 2.38. The van der Waals surface area contributed by atoms with Crippen molar-refractivity contribution in [2.45, 2.75) is 82.1 Å². The zero-order chi connectivity index (χ0) is 21.8. The summed E-state index contributed by atoms with van der Waals surface area (Å²) in [5, 5.41) is 35.6. The van der Waals surface area contributed by atoms with E-state index in [1.54, 1.807) is 13.2 Å². The molecule has 0 spiro atoms. The van der Waals surface area contributed by atoms with Crippen molar-refractivity contribution in [3.8, 4) is 22.6 Å². The van der Waals surface area contributed by atoms with Crippen molar-refractivity contribution in [3.05, 3.63) is 47.5 Å². The number of ether oxygens (including phenoxy) is 1. The Morgan fingerprint density at radius 2 is 1.39 bits per heavy atom. The summed E-state index contributed by atoms with van der Waals surface area (Å²) >= 11 is 0. The number of benzene rings is 2. The number of phenols is 1. The maximum Gasteiger partial charge on any atom is 0.126 e. The second-order valence-electron chi connectivity index (χ2n) is 9.23. The number of nitrogens with one attached hydrogen (secondary N) is 1. The van der Waals surface area contributed by atoms with Crippen LogP contribution in [0.2, 0.25) is 0 Å². The predicted molar refractivity (Wildman–Crippen MR) is 123 cm³/mol. The highest BCUT2D eigenvalue weighted by atomic mass is 16.5. The molecule has 2 aromatic rings. The van der Waals surface area contributed by atoms with Crippen LogP contribution in [0.5, 0.6) is 11.5 Å². The van der Waals surface area contributed by atoms with E-state index in [0.717, 1.165) is 67.2 Å². The molecule has 5 nitrogen and oxygen atoms in total. The lowest BCUT2D eigenvalue weighted by Crippen LogP contribution is -2.45. The molecule has 168 valence electrons. The SMILES string of the molecule is COc1ccc2cc1-c1cc(ccc1O)CC[C@@H](O)C[C@@H]1CCC[C@H](C[C@@H](O)CC2)N1. The Labute approximate surface area is 185 Å². The number of methoxy groups -OCH3 is 1. The van der Waals surface area contributed by atoms with Crippen LogP contribution in [0.1, 0.15) is 56.1 Å². The minimum absolute atomic E-state index is 0.218. The number of hydrogen-bond acceptors (Lipinski definition) is 5. The molecule has 0 saturated carbocycles. The quantitative estimate of drug-likeness (QED) is 0.556. The number of hydrogen-bond donors (Lipinski definition) is 4. The van der Waals surface area contributed by atoms with Gasteiger partial charge in [-0.05, 0) is 86.8 Å². The average molecular weight is 426 g/mol. The van der Waals surface area contributed by atoms with Gasteiger partial charge in [0.15, 0.2) is 0 Å². The summed E-state index contributed by atoms with van der Waals surface area (Å²) in [7, 11) is 1.64. The Hall–Kier alpha value is -2.08. The van der Waals surface area contributed by atoms with E-state index in [2.05, 4.69) is 11.4 Å². The third kappa shape index (κ3) is 5.59. The lowest BCUT2D eigenvalue weighted by Gasteiger charge is -2.33. The first-order chi connectivity index (χ1) is 15.0. The molecule has 2 aliphatic rings. The van der Waals surface area contributed by atoms with E-state index < -0.39 is 0 Å². The van der Waals surface area contributed by atoms with Crippen LogP contribution in [0, 0.1) is 0 Å². The number of aliphatic hydroxyl groups is 2. The van der Waals surface area contributed by atoms with E-state index in [1.807, 2.05) is 24.3 Å². The number of aryl methyl sites for hydroxylation is 2. The van der Waals surface area contributed by atoms with Crippen LogP contribution in [0.3, 0.4) is 0 Å². The molecule has 0 unspecified atom stereocenters. The Kier molecular flexibility index (Phi) is 7.16.